The lowest BCUT2D eigenvalue weighted by atomic mass is 10.1. The molecule has 0 radical (unpaired) electrons. The summed E-state index contributed by atoms with van der Waals surface area (Å²) < 4.78 is 16.8. The SMILES string of the molecule is CCCCCCCC/C=C\C/C=C\CCC(=O)OCC(COC(=O)CCCCCCCCC/C=C\CCCCCCCC)OC(=O)CCCCCCCCC/C=C\CCCCCCCC. The summed E-state index contributed by atoms with van der Waals surface area (Å²) in [6, 6.07) is 0. The number of esters is 3. The van der Waals surface area contributed by atoms with Gasteiger partial charge in [0.05, 0.1) is 0 Å². The molecule has 1 unspecified atom stereocenters. The van der Waals surface area contributed by atoms with Gasteiger partial charge in [-0.1, -0.05) is 230 Å². The molecule has 0 aliphatic heterocycles. The van der Waals surface area contributed by atoms with E-state index in [0.717, 1.165) is 51.4 Å². The van der Waals surface area contributed by atoms with Gasteiger partial charge >= 0.3 is 17.9 Å². The summed E-state index contributed by atoms with van der Waals surface area (Å²) in [7, 11) is 0. The van der Waals surface area contributed by atoms with Crippen molar-refractivity contribution in [3.8, 4) is 0 Å². The topological polar surface area (TPSA) is 78.9 Å². The highest BCUT2D eigenvalue weighted by Gasteiger charge is 2.19. The van der Waals surface area contributed by atoms with Crippen LogP contribution in [-0.4, -0.2) is 37.2 Å². The second kappa shape index (κ2) is 54.0. The zero-order valence-electron chi connectivity index (χ0n) is 43.3. The molecule has 0 rings (SSSR count). The molecule has 0 aromatic rings. The second-order valence-electron chi connectivity index (χ2n) is 18.8. The molecule has 0 aliphatic carbocycles. The fraction of sp³-hybridized carbons (Fsp3) is 0.814. The molecule has 0 saturated heterocycles. The average molecular weight is 911 g/mol. The molecule has 0 aliphatic rings. The fourth-order valence-electron chi connectivity index (χ4n) is 8.01. The molecule has 0 fully saturated rings. The van der Waals surface area contributed by atoms with E-state index in [9.17, 15) is 14.4 Å². The summed E-state index contributed by atoms with van der Waals surface area (Å²) in [6.45, 7) is 6.59. The Morgan fingerprint density at radius 2 is 0.585 bits per heavy atom. The van der Waals surface area contributed by atoms with E-state index >= 15 is 0 Å². The maximum atomic E-state index is 12.8. The molecule has 0 N–H and O–H groups in total. The van der Waals surface area contributed by atoms with Crippen LogP contribution in [0.3, 0.4) is 0 Å². The number of unbranched alkanes of at least 4 members (excludes halogenated alkanes) is 32. The van der Waals surface area contributed by atoms with Crippen LogP contribution in [0.5, 0.6) is 0 Å². The van der Waals surface area contributed by atoms with Crippen molar-refractivity contribution in [2.75, 3.05) is 13.2 Å². The minimum atomic E-state index is -0.798. The van der Waals surface area contributed by atoms with E-state index in [1.54, 1.807) is 0 Å². The molecule has 0 aromatic carbocycles. The third-order valence-electron chi connectivity index (χ3n) is 12.3. The molecule has 0 amide bonds. The van der Waals surface area contributed by atoms with Crippen molar-refractivity contribution in [1.82, 2.24) is 0 Å². The van der Waals surface area contributed by atoms with Gasteiger partial charge in [-0.3, -0.25) is 14.4 Å². The Morgan fingerprint density at radius 3 is 0.954 bits per heavy atom. The van der Waals surface area contributed by atoms with E-state index in [4.69, 9.17) is 14.2 Å². The van der Waals surface area contributed by atoms with Crippen LogP contribution in [0.2, 0.25) is 0 Å². The lowest BCUT2D eigenvalue weighted by Gasteiger charge is -2.18. The van der Waals surface area contributed by atoms with Gasteiger partial charge < -0.3 is 14.2 Å². The van der Waals surface area contributed by atoms with Crippen molar-refractivity contribution in [3.63, 3.8) is 0 Å². The van der Waals surface area contributed by atoms with Crippen LogP contribution >= 0.6 is 0 Å². The molecule has 378 valence electrons. The number of hydrogen-bond donors (Lipinski definition) is 0. The normalized spacial score (nSPS) is 12.4. The van der Waals surface area contributed by atoms with Crippen molar-refractivity contribution in [1.29, 1.82) is 0 Å². The van der Waals surface area contributed by atoms with Crippen molar-refractivity contribution in [2.45, 2.75) is 297 Å². The molecular formula is C59H106O6. The summed E-state index contributed by atoms with van der Waals surface area (Å²) >= 11 is 0. The molecule has 0 spiro atoms. The van der Waals surface area contributed by atoms with E-state index in [1.807, 2.05) is 6.08 Å². The molecule has 1 atom stereocenters. The molecule has 6 heteroatoms. The summed E-state index contributed by atoms with van der Waals surface area (Å²) in [4.78, 5) is 38.0. The van der Waals surface area contributed by atoms with Gasteiger partial charge in [0.15, 0.2) is 6.10 Å². The van der Waals surface area contributed by atoms with Crippen LogP contribution in [0, 0.1) is 0 Å². The number of carbonyl (C=O) groups excluding carboxylic acids is 3. The largest absolute Gasteiger partial charge is 0.462 e. The zero-order valence-corrected chi connectivity index (χ0v) is 43.3. The first-order chi connectivity index (χ1) is 32.0. The first-order valence-corrected chi connectivity index (χ1v) is 28.1. The van der Waals surface area contributed by atoms with Gasteiger partial charge in [-0.2, -0.15) is 0 Å². The monoisotopic (exact) mass is 911 g/mol. The summed E-state index contributed by atoms with van der Waals surface area (Å²) in [5.41, 5.74) is 0. The van der Waals surface area contributed by atoms with Crippen molar-refractivity contribution in [3.05, 3.63) is 48.6 Å². The maximum Gasteiger partial charge on any atom is 0.306 e. The molecule has 0 heterocycles. The van der Waals surface area contributed by atoms with Crippen LogP contribution in [0.25, 0.3) is 0 Å². The third kappa shape index (κ3) is 52.2. The highest BCUT2D eigenvalue weighted by molar-refractivity contribution is 5.71. The Hall–Kier alpha value is -2.63. The number of ether oxygens (including phenoxy) is 3. The highest BCUT2D eigenvalue weighted by atomic mass is 16.6. The number of rotatable bonds is 51. The van der Waals surface area contributed by atoms with E-state index in [-0.39, 0.29) is 37.5 Å². The summed E-state index contributed by atoms with van der Waals surface area (Å²) in [5, 5.41) is 0. The Balaban J connectivity index is 4.41. The summed E-state index contributed by atoms with van der Waals surface area (Å²) in [5.74, 6) is -0.961. The predicted molar refractivity (Wildman–Crippen MR) is 279 cm³/mol. The maximum absolute atomic E-state index is 12.8. The predicted octanol–water partition coefficient (Wildman–Crippen LogP) is 18.7. The standard InChI is InChI=1S/C59H106O6/c1-4-7-10-13-16-19-22-25-27-29-31-34-37-40-43-46-49-52-58(61)64-55-56(54-63-57(60)51-48-45-42-39-36-33-24-21-18-15-12-9-6-3)65-59(62)53-50-47-44-41-38-35-32-30-28-26-23-20-17-14-11-8-5-2/h25-28,33,36,42,45,56H,4-24,29-32,34-35,37-41,43-44,46-55H2,1-3H3/b27-25-,28-26-,36-33-,45-42-. The van der Waals surface area contributed by atoms with E-state index in [0.29, 0.717) is 19.3 Å². The van der Waals surface area contributed by atoms with Crippen molar-refractivity contribution >= 4 is 17.9 Å². The second-order valence-corrected chi connectivity index (χ2v) is 18.8. The van der Waals surface area contributed by atoms with Gasteiger partial charge in [0.25, 0.3) is 0 Å². The number of allylic oxidation sites excluding steroid dienone is 8. The van der Waals surface area contributed by atoms with Gasteiger partial charge in [0.2, 0.25) is 0 Å². The molecule has 0 bridgehead atoms. The lowest BCUT2D eigenvalue weighted by Crippen LogP contribution is -2.30. The van der Waals surface area contributed by atoms with Gasteiger partial charge in [-0.05, 0) is 89.9 Å². The lowest BCUT2D eigenvalue weighted by molar-refractivity contribution is -0.166. The van der Waals surface area contributed by atoms with Crippen LogP contribution in [-0.2, 0) is 28.6 Å². The minimum absolute atomic E-state index is 0.0928. The quantitative estimate of drug-likeness (QED) is 0.0262. The Morgan fingerprint density at radius 1 is 0.308 bits per heavy atom. The molecular weight excluding hydrogens is 805 g/mol. The van der Waals surface area contributed by atoms with Gasteiger partial charge in [0.1, 0.15) is 13.2 Å². The van der Waals surface area contributed by atoms with Crippen LogP contribution in [0.1, 0.15) is 290 Å². The Kier molecular flexibility index (Phi) is 51.8. The molecule has 6 nitrogen and oxygen atoms in total. The Bertz CT molecular complexity index is 1140. The van der Waals surface area contributed by atoms with Crippen molar-refractivity contribution < 1.29 is 28.6 Å². The first-order valence-electron chi connectivity index (χ1n) is 28.1. The highest BCUT2D eigenvalue weighted by Crippen LogP contribution is 2.15. The van der Waals surface area contributed by atoms with E-state index < -0.39 is 6.10 Å². The smallest absolute Gasteiger partial charge is 0.306 e. The minimum Gasteiger partial charge on any atom is -0.462 e. The van der Waals surface area contributed by atoms with Gasteiger partial charge in [-0.15, -0.1) is 0 Å². The average Bonchev–Trinajstić information content (AvgIpc) is 3.30. The zero-order chi connectivity index (χ0) is 47.2. The van der Waals surface area contributed by atoms with E-state index in [1.165, 1.54) is 193 Å². The number of carbonyl (C=O) groups is 3. The Labute approximate surface area is 403 Å². The van der Waals surface area contributed by atoms with Crippen LogP contribution in [0.4, 0.5) is 0 Å². The fourth-order valence-corrected chi connectivity index (χ4v) is 8.01. The third-order valence-corrected chi connectivity index (χ3v) is 12.3. The van der Waals surface area contributed by atoms with Crippen LogP contribution < -0.4 is 0 Å². The molecule has 0 aromatic heterocycles. The molecule has 0 saturated carbocycles. The van der Waals surface area contributed by atoms with Gasteiger partial charge in [-0.25, -0.2) is 0 Å². The first kappa shape index (κ1) is 62.4. The van der Waals surface area contributed by atoms with E-state index in [2.05, 4.69) is 63.3 Å². The van der Waals surface area contributed by atoms with Crippen molar-refractivity contribution in [2.24, 2.45) is 0 Å². The summed E-state index contributed by atoms with van der Waals surface area (Å²) in [6.07, 6.45) is 65.4. The number of hydrogen-bond acceptors (Lipinski definition) is 6. The van der Waals surface area contributed by atoms with Crippen LogP contribution in [0.15, 0.2) is 48.6 Å². The molecule has 65 heavy (non-hydrogen) atoms. The van der Waals surface area contributed by atoms with Gasteiger partial charge in [0, 0.05) is 19.3 Å².